The average Bonchev–Trinajstić information content (AvgIpc) is 3.39. The fourth-order valence-electron chi connectivity index (χ4n) is 4.51. The summed E-state index contributed by atoms with van der Waals surface area (Å²) in [5.41, 5.74) is 2.88. The Hall–Kier alpha value is -2.48. The van der Waals surface area contributed by atoms with Crippen LogP contribution in [0.4, 0.5) is 0 Å². The first-order valence-electron chi connectivity index (χ1n) is 9.34. The van der Waals surface area contributed by atoms with E-state index >= 15 is 0 Å². The largest absolute Gasteiger partial charge is 0.391 e. The molecule has 1 saturated carbocycles. The first-order valence-corrected chi connectivity index (χ1v) is 9.34. The van der Waals surface area contributed by atoms with Crippen molar-refractivity contribution < 1.29 is 9.90 Å². The Morgan fingerprint density at radius 1 is 1.23 bits per heavy atom. The van der Waals surface area contributed by atoms with E-state index in [0.29, 0.717) is 25.4 Å². The van der Waals surface area contributed by atoms with Crippen LogP contribution in [0, 0.1) is 5.92 Å². The van der Waals surface area contributed by atoms with Gasteiger partial charge in [-0.1, -0.05) is 5.21 Å². The molecule has 5 rings (SSSR count). The van der Waals surface area contributed by atoms with E-state index in [1.54, 1.807) is 10.8 Å². The van der Waals surface area contributed by atoms with E-state index in [4.69, 9.17) is 0 Å². The molecular weight excluding hydrogens is 332 g/mol. The molecule has 3 aromatic rings. The molecule has 8 nitrogen and oxygen atoms in total. The predicted molar refractivity (Wildman–Crippen MR) is 94.5 cm³/mol. The number of aromatic nitrogens is 5. The highest BCUT2D eigenvalue weighted by Gasteiger charge is 2.34. The minimum Gasteiger partial charge on any atom is -0.391 e. The zero-order valence-corrected chi connectivity index (χ0v) is 14.5. The van der Waals surface area contributed by atoms with Gasteiger partial charge in [-0.2, -0.15) is 0 Å². The molecule has 1 aliphatic heterocycles. The number of nitrogens with one attached hydrogen (secondary N) is 1. The van der Waals surface area contributed by atoms with Gasteiger partial charge in [0, 0.05) is 36.5 Å². The van der Waals surface area contributed by atoms with Crippen molar-refractivity contribution >= 4 is 22.5 Å². The molecule has 0 radical (unpaired) electrons. The van der Waals surface area contributed by atoms with Crippen LogP contribution in [0.25, 0.3) is 16.6 Å². The molecule has 136 valence electrons. The van der Waals surface area contributed by atoms with E-state index in [0.717, 1.165) is 47.9 Å². The van der Waals surface area contributed by atoms with Gasteiger partial charge >= 0.3 is 0 Å². The summed E-state index contributed by atoms with van der Waals surface area (Å²) in [5.74, 6) is 0.610. The van der Waals surface area contributed by atoms with Gasteiger partial charge in [-0.25, -0.2) is 9.50 Å². The maximum atomic E-state index is 12.7. The number of carbonyl (C=O) groups excluding carboxylic acids is 1. The van der Waals surface area contributed by atoms with Gasteiger partial charge < -0.3 is 15.0 Å². The average molecular weight is 354 g/mol. The summed E-state index contributed by atoms with van der Waals surface area (Å²) in [7, 11) is 0. The van der Waals surface area contributed by atoms with Crippen molar-refractivity contribution in [2.45, 2.75) is 44.1 Å². The summed E-state index contributed by atoms with van der Waals surface area (Å²) < 4.78 is 1.74. The summed E-state index contributed by atoms with van der Waals surface area (Å²) in [6.07, 6.45) is 7.55. The quantitative estimate of drug-likeness (QED) is 0.726. The lowest BCUT2D eigenvalue weighted by Gasteiger charge is -2.29. The molecular formula is C18H22N6O2. The molecule has 0 spiro atoms. The number of hydrogen-bond acceptors (Lipinski definition) is 5. The SMILES string of the molecule is O=C(C1CCC(c2nnn3cnc4[nH]ccc4c23)CC1)N1CCC(O)C1. The van der Waals surface area contributed by atoms with Crippen LogP contribution in [0.15, 0.2) is 18.6 Å². The van der Waals surface area contributed by atoms with Gasteiger partial charge in [-0.3, -0.25) is 4.79 Å². The van der Waals surface area contributed by atoms with Crippen LogP contribution < -0.4 is 0 Å². The number of fused-ring (bicyclic) bond motifs is 3. The second kappa shape index (κ2) is 6.05. The van der Waals surface area contributed by atoms with E-state index in [2.05, 4.69) is 20.3 Å². The minimum atomic E-state index is -0.351. The molecule has 2 fully saturated rings. The molecule has 0 aromatic carbocycles. The van der Waals surface area contributed by atoms with Gasteiger partial charge in [0.05, 0.1) is 11.8 Å². The zero-order chi connectivity index (χ0) is 17.7. The van der Waals surface area contributed by atoms with E-state index in [1.807, 2.05) is 17.2 Å². The molecule has 0 bridgehead atoms. The third kappa shape index (κ3) is 2.47. The van der Waals surface area contributed by atoms with Gasteiger partial charge in [0.15, 0.2) is 0 Å². The Morgan fingerprint density at radius 2 is 2.08 bits per heavy atom. The highest BCUT2D eigenvalue weighted by molar-refractivity contribution is 5.92. The van der Waals surface area contributed by atoms with Crippen LogP contribution in [-0.2, 0) is 4.79 Å². The fraction of sp³-hybridized carbons (Fsp3) is 0.556. The van der Waals surface area contributed by atoms with Crippen LogP contribution in [0.2, 0.25) is 0 Å². The number of aliphatic hydroxyl groups excluding tert-OH is 1. The number of nitrogens with zero attached hydrogens (tertiary/aromatic N) is 5. The number of rotatable bonds is 2. The normalized spacial score (nSPS) is 26.8. The molecule has 2 N–H and O–H groups in total. The smallest absolute Gasteiger partial charge is 0.225 e. The first-order chi connectivity index (χ1) is 12.7. The predicted octanol–water partition coefficient (Wildman–Crippen LogP) is 1.47. The van der Waals surface area contributed by atoms with E-state index in [-0.39, 0.29) is 17.9 Å². The van der Waals surface area contributed by atoms with Crippen molar-refractivity contribution in [2.75, 3.05) is 13.1 Å². The number of likely N-dealkylation sites (tertiary alicyclic amines) is 1. The molecule has 1 saturated heterocycles. The Labute approximate surface area is 150 Å². The molecule has 4 heterocycles. The van der Waals surface area contributed by atoms with E-state index < -0.39 is 0 Å². The van der Waals surface area contributed by atoms with E-state index in [9.17, 15) is 9.90 Å². The lowest BCUT2D eigenvalue weighted by Crippen LogP contribution is -2.36. The third-order valence-corrected chi connectivity index (χ3v) is 5.94. The zero-order valence-electron chi connectivity index (χ0n) is 14.5. The number of aromatic amines is 1. The van der Waals surface area contributed by atoms with Gasteiger partial charge in [-0.05, 0) is 38.2 Å². The van der Waals surface area contributed by atoms with Gasteiger partial charge in [0.25, 0.3) is 0 Å². The van der Waals surface area contributed by atoms with Crippen molar-refractivity contribution in [1.82, 2.24) is 29.7 Å². The monoisotopic (exact) mass is 354 g/mol. The van der Waals surface area contributed by atoms with Gasteiger partial charge in [-0.15, -0.1) is 5.10 Å². The molecule has 8 heteroatoms. The number of β-amino-alcohol motifs (C(OH)–C–C–N with tert-alkyl or cyclic N) is 1. The highest BCUT2D eigenvalue weighted by Crippen LogP contribution is 2.38. The minimum absolute atomic E-state index is 0.0762. The summed E-state index contributed by atoms with van der Waals surface area (Å²) in [6, 6.07) is 2.01. The lowest BCUT2D eigenvalue weighted by atomic mass is 9.79. The molecule has 26 heavy (non-hydrogen) atoms. The van der Waals surface area contributed by atoms with Crippen molar-refractivity contribution in [3.63, 3.8) is 0 Å². The number of H-pyrrole nitrogens is 1. The van der Waals surface area contributed by atoms with Crippen molar-refractivity contribution in [1.29, 1.82) is 0 Å². The Morgan fingerprint density at radius 3 is 2.85 bits per heavy atom. The van der Waals surface area contributed by atoms with Crippen LogP contribution in [0.3, 0.4) is 0 Å². The lowest BCUT2D eigenvalue weighted by molar-refractivity contribution is -0.135. The standard InChI is InChI=1S/C18H22N6O2/c25-13-6-8-23(9-13)18(26)12-3-1-11(2-4-12)15-16-14-5-7-19-17(14)20-10-24(16)22-21-15/h5,7,10-13,19,25H,1-4,6,8-9H2. The molecule has 1 atom stereocenters. The molecule has 1 aliphatic carbocycles. The highest BCUT2D eigenvalue weighted by atomic mass is 16.3. The summed E-state index contributed by atoms with van der Waals surface area (Å²) in [6.45, 7) is 1.18. The first kappa shape index (κ1) is 15.7. The molecule has 2 aliphatic rings. The topological polar surface area (TPSA) is 99.4 Å². The molecule has 1 amide bonds. The Balaban J connectivity index is 1.35. The van der Waals surface area contributed by atoms with Crippen molar-refractivity contribution in [2.24, 2.45) is 5.92 Å². The summed E-state index contributed by atoms with van der Waals surface area (Å²) in [5, 5.41) is 19.4. The third-order valence-electron chi connectivity index (χ3n) is 5.94. The van der Waals surface area contributed by atoms with Crippen LogP contribution in [0.5, 0.6) is 0 Å². The fourth-order valence-corrected chi connectivity index (χ4v) is 4.51. The number of aliphatic hydroxyl groups is 1. The second-order valence-corrected chi connectivity index (χ2v) is 7.53. The molecule has 3 aromatic heterocycles. The van der Waals surface area contributed by atoms with Crippen LogP contribution in [-0.4, -0.2) is 59.9 Å². The van der Waals surface area contributed by atoms with Crippen molar-refractivity contribution in [3.8, 4) is 0 Å². The van der Waals surface area contributed by atoms with Crippen molar-refractivity contribution in [3.05, 3.63) is 24.3 Å². The number of carbonyl (C=O) groups is 1. The maximum absolute atomic E-state index is 12.7. The number of hydrogen-bond donors (Lipinski definition) is 2. The Kier molecular flexibility index (Phi) is 3.66. The molecule has 1 unspecified atom stereocenters. The summed E-state index contributed by atoms with van der Waals surface area (Å²) in [4.78, 5) is 22.0. The van der Waals surface area contributed by atoms with Gasteiger partial charge in [0.1, 0.15) is 17.5 Å². The number of amides is 1. The summed E-state index contributed by atoms with van der Waals surface area (Å²) >= 11 is 0. The van der Waals surface area contributed by atoms with Crippen LogP contribution in [0.1, 0.15) is 43.7 Å². The second-order valence-electron chi connectivity index (χ2n) is 7.53. The van der Waals surface area contributed by atoms with Gasteiger partial charge in [0.2, 0.25) is 5.91 Å². The maximum Gasteiger partial charge on any atom is 0.225 e. The van der Waals surface area contributed by atoms with E-state index in [1.165, 1.54) is 0 Å². The van der Waals surface area contributed by atoms with Crippen LogP contribution >= 0.6 is 0 Å². The Bertz CT molecular complexity index is 955.